The first-order chi connectivity index (χ1) is 15.8. The lowest BCUT2D eigenvalue weighted by Gasteiger charge is -2.33. The molecule has 1 aliphatic carbocycles. The summed E-state index contributed by atoms with van der Waals surface area (Å²) >= 11 is 0. The van der Waals surface area contributed by atoms with Crippen molar-refractivity contribution in [1.29, 1.82) is 0 Å². The van der Waals surface area contributed by atoms with Gasteiger partial charge in [0.15, 0.2) is 0 Å². The van der Waals surface area contributed by atoms with Crippen LogP contribution in [0.15, 0.2) is 109 Å². The molecule has 1 nitrogen and oxygen atoms in total. The van der Waals surface area contributed by atoms with Crippen LogP contribution < -0.4 is 0 Å². The highest BCUT2D eigenvalue weighted by atomic mass is 15.1. The molecule has 0 amide bonds. The summed E-state index contributed by atoms with van der Waals surface area (Å²) in [5, 5.41) is 0. The highest BCUT2D eigenvalue weighted by Gasteiger charge is 2.45. The van der Waals surface area contributed by atoms with Gasteiger partial charge in [0.05, 0.1) is 5.41 Å². The Morgan fingerprint density at radius 2 is 0.812 bits per heavy atom. The van der Waals surface area contributed by atoms with Crippen molar-refractivity contribution in [1.82, 2.24) is 4.90 Å². The van der Waals surface area contributed by atoms with Gasteiger partial charge in [-0.3, -0.25) is 0 Å². The summed E-state index contributed by atoms with van der Waals surface area (Å²) in [6.07, 6.45) is 0. The van der Waals surface area contributed by atoms with Crippen LogP contribution in [0, 0.1) is 0 Å². The third-order valence-electron chi connectivity index (χ3n) is 6.71. The first-order valence-corrected chi connectivity index (χ1v) is 11.8. The number of hydrogen-bond acceptors (Lipinski definition) is 1. The molecule has 0 saturated carbocycles. The van der Waals surface area contributed by atoms with Crippen molar-refractivity contribution in [3.05, 3.63) is 131 Å². The van der Waals surface area contributed by atoms with E-state index in [1.165, 1.54) is 53.0 Å². The smallest absolute Gasteiger partial charge is 0.0713 e. The molecule has 4 aromatic rings. The number of rotatable bonds is 5. The first-order valence-electron chi connectivity index (χ1n) is 11.8. The first kappa shape index (κ1) is 22.0. The molecule has 0 heterocycles. The van der Waals surface area contributed by atoms with Crippen LogP contribution in [-0.2, 0) is 5.41 Å². The van der Waals surface area contributed by atoms with Gasteiger partial charge in [-0.1, -0.05) is 130 Å². The van der Waals surface area contributed by atoms with Crippen LogP contribution in [-0.4, -0.2) is 24.5 Å². The van der Waals surface area contributed by atoms with Crippen molar-refractivity contribution in [3.8, 4) is 11.1 Å². The van der Waals surface area contributed by atoms with E-state index in [1.54, 1.807) is 0 Å². The molecule has 0 aromatic heterocycles. The van der Waals surface area contributed by atoms with Gasteiger partial charge in [-0.2, -0.15) is 0 Å². The lowest BCUT2D eigenvalue weighted by molar-refractivity contribution is 0.321. The van der Waals surface area contributed by atoms with Gasteiger partial charge in [-0.25, -0.2) is 0 Å². The van der Waals surface area contributed by atoms with Crippen LogP contribution in [0.3, 0.4) is 0 Å². The molecule has 0 spiro atoms. The van der Waals surface area contributed by atoms with E-state index in [0.29, 0.717) is 0 Å². The van der Waals surface area contributed by atoms with E-state index in [1.807, 2.05) is 0 Å². The number of fused-ring (bicyclic) bond motifs is 3. The van der Waals surface area contributed by atoms with Gasteiger partial charge in [0.1, 0.15) is 0 Å². The molecular formula is C31H33N. The zero-order valence-electron chi connectivity index (χ0n) is 19.5. The Kier molecular flexibility index (Phi) is 6.87. The fraction of sp³-hybridized carbons (Fsp3) is 0.226. The zero-order valence-corrected chi connectivity index (χ0v) is 19.5. The molecule has 0 N–H and O–H groups in total. The molecule has 0 saturated heterocycles. The molecule has 0 unspecified atom stereocenters. The second-order valence-corrected chi connectivity index (χ2v) is 8.19. The molecule has 5 rings (SSSR count). The van der Waals surface area contributed by atoms with Crippen molar-refractivity contribution in [2.75, 3.05) is 19.6 Å². The van der Waals surface area contributed by atoms with E-state index in [4.69, 9.17) is 0 Å². The maximum Gasteiger partial charge on any atom is 0.0713 e. The quantitative estimate of drug-likeness (QED) is 0.287. The summed E-state index contributed by atoms with van der Waals surface area (Å²) in [5.41, 5.74) is 7.80. The minimum atomic E-state index is -0.254. The Bertz CT molecular complexity index is 1030. The normalized spacial score (nSPS) is 13.1. The SMILES string of the molecule is CCN(CC)CC.c1ccc(C2(c3ccccc3)c3ccccc3-c3ccccc32)cc1. The van der Waals surface area contributed by atoms with E-state index in [9.17, 15) is 0 Å². The van der Waals surface area contributed by atoms with Gasteiger partial charge in [0.2, 0.25) is 0 Å². The Balaban J connectivity index is 0.000000307. The number of hydrogen-bond donors (Lipinski definition) is 0. The van der Waals surface area contributed by atoms with Crippen LogP contribution in [0.2, 0.25) is 0 Å². The van der Waals surface area contributed by atoms with Crippen LogP contribution in [0.25, 0.3) is 11.1 Å². The van der Waals surface area contributed by atoms with E-state index in [-0.39, 0.29) is 5.41 Å². The minimum Gasteiger partial charge on any atom is -0.304 e. The molecule has 0 aliphatic heterocycles. The van der Waals surface area contributed by atoms with Crippen molar-refractivity contribution >= 4 is 0 Å². The summed E-state index contributed by atoms with van der Waals surface area (Å²) in [6, 6.07) is 39.5. The van der Waals surface area contributed by atoms with E-state index in [0.717, 1.165) is 0 Å². The number of nitrogens with zero attached hydrogens (tertiary/aromatic N) is 1. The molecule has 1 heteroatoms. The third-order valence-corrected chi connectivity index (χ3v) is 6.71. The predicted octanol–water partition coefficient (Wildman–Crippen LogP) is 7.40. The Morgan fingerprint density at radius 3 is 1.16 bits per heavy atom. The Morgan fingerprint density at radius 1 is 0.469 bits per heavy atom. The summed E-state index contributed by atoms with van der Waals surface area (Å²) in [6.45, 7) is 10.1. The molecule has 0 bridgehead atoms. The fourth-order valence-corrected chi connectivity index (χ4v) is 5.07. The minimum absolute atomic E-state index is 0.254. The van der Waals surface area contributed by atoms with Gasteiger partial charge >= 0.3 is 0 Å². The monoisotopic (exact) mass is 419 g/mol. The highest BCUT2D eigenvalue weighted by Crippen LogP contribution is 2.55. The summed E-state index contributed by atoms with van der Waals surface area (Å²) in [5.74, 6) is 0. The standard InChI is InChI=1S/C25H18.C6H15N/c1-3-11-19(12-4-1)25(20-13-5-2-6-14-20)23-17-9-7-15-21(23)22-16-8-10-18-24(22)25;1-4-7(5-2)6-3/h1-18H;4-6H2,1-3H3. The molecule has 0 radical (unpaired) electrons. The van der Waals surface area contributed by atoms with Crippen LogP contribution >= 0.6 is 0 Å². The average molecular weight is 420 g/mol. The molecule has 0 fully saturated rings. The molecule has 1 aliphatic rings. The van der Waals surface area contributed by atoms with Crippen molar-refractivity contribution < 1.29 is 0 Å². The maximum absolute atomic E-state index is 2.38. The van der Waals surface area contributed by atoms with Crippen molar-refractivity contribution in [2.45, 2.75) is 26.2 Å². The van der Waals surface area contributed by atoms with Gasteiger partial charge < -0.3 is 4.90 Å². The van der Waals surface area contributed by atoms with Crippen LogP contribution in [0.4, 0.5) is 0 Å². The largest absolute Gasteiger partial charge is 0.304 e. The zero-order chi connectivity index (χ0) is 22.4. The molecular weight excluding hydrogens is 386 g/mol. The van der Waals surface area contributed by atoms with Gasteiger partial charge in [0, 0.05) is 0 Å². The Labute approximate surface area is 193 Å². The molecule has 4 aromatic carbocycles. The molecule has 162 valence electrons. The molecule has 0 atom stereocenters. The number of benzene rings is 4. The van der Waals surface area contributed by atoms with Crippen LogP contribution in [0.5, 0.6) is 0 Å². The van der Waals surface area contributed by atoms with Gasteiger partial charge in [-0.15, -0.1) is 0 Å². The summed E-state index contributed by atoms with van der Waals surface area (Å²) < 4.78 is 0. The lowest BCUT2D eigenvalue weighted by Crippen LogP contribution is -2.28. The second kappa shape index (κ2) is 9.97. The van der Waals surface area contributed by atoms with Crippen molar-refractivity contribution in [2.24, 2.45) is 0 Å². The lowest BCUT2D eigenvalue weighted by atomic mass is 9.68. The summed E-state index contributed by atoms with van der Waals surface area (Å²) in [7, 11) is 0. The average Bonchev–Trinajstić information content (AvgIpc) is 3.18. The van der Waals surface area contributed by atoms with E-state index < -0.39 is 0 Å². The van der Waals surface area contributed by atoms with Gasteiger partial charge in [0.25, 0.3) is 0 Å². The third kappa shape index (κ3) is 3.78. The Hall–Kier alpha value is -3.16. The predicted molar refractivity (Wildman–Crippen MR) is 137 cm³/mol. The maximum atomic E-state index is 2.38. The topological polar surface area (TPSA) is 3.24 Å². The van der Waals surface area contributed by atoms with E-state index >= 15 is 0 Å². The van der Waals surface area contributed by atoms with Crippen molar-refractivity contribution in [3.63, 3.8) is 0 Å². The molecule has 32 heavy (non-hydrogen) atoms. The fourth-order valence-electron chi connectivity index (χ4n) is 5.07. The van der Waals surface area contributed by atoms with Crippen LogP contribution in [0.1, 0.15) is 43.0 Å². The van der Waals surface area contributed by atoms with Gasteiger partial charge in [-0.05, 0) is 53.0 Å². The van der Waals surface area contributed by atoms with E-state index in [2.05, 4.69) is 135 Å². The highest BCUT2D eigenvalue weighted by molar-refractivity contribution is 5.86. The second-order valence-electron chi connectivity index (χ2n) is 8.19. The summed E-state index contributed by atoms with van der Waals surface area (Å²) in [4.78, 5) is 2.38.